The minimum absolute atomic E-state index is 0.0398. The summed E-state index contributed by atoms with van der Waals surface area (Å²) >= 11 is 5.93. The monoisotopic (exact) mass is 337 g/mol. The molecule has 0 aromatic heterocycles. The molecule has 2 aromatic carbocycles. The summed E-state index contributed by atoms with van der Waals surface area (Å²) in [7, 11) is -1.83. The molecule has 4 nitrogen and oxygen atoms in total. The average molecular weight is 338 g/mol. The second kappa shape index (κ2) is 6.50. The largest absolute Gasteiger partial charge is 0.337 e. The Morgan fingerprint density at radius 2 is 1.82 bits per heavy atom. The Hall–Kier alpha value is -1.85. The SMILES string of the molecule is CN(Cc1cccc(Cl)c1)C(=O)c1ccccc1S(C)(=O)=O. The molecule has 0 aliphatic heterocycles. The van der Waals surface area contributed by atoms with Crippen LogP contribution in [0.2, 0.25) is 5.02 Å². The Morgan fingerprint density at radius 1 is 1.14 bits per heavy atom. The molecule has 0 saturated heterocycles. The van der Waals surface area contributed by atoms with Gasteiger partial charge < -0.3 is 4.90 Å². The van der Waals surface area contributed by atoms with Crippen LogP contribution in [0, 0.1) is 0 Å². The number of halogens is 1. The lowest BCUT2D eigenvalue weighted by Gasteiger charge is -2.19. The zero-order valence-electron chi connectivity index (χ0n) is 12.3. The van der Waals surface area contributed by atoms with Gasteiger partial charge in [-0.15, -0.1) is 0 Å². The van der Waals surface area contributed by atoms with Gasteiger partial charge in [-0.2, -0.15) is 0 Å². The molecule has 0 heterocycles. The van der Waals surface area contributed by atoms with Crippen molar-refractivity contribution in [3.63, 3.8) is 0 Å². The topological polar surface area (TPSA) is 54.5 Å². The molecule has 0 fully saturated rings. The molecule has 0 N–H and O–H groups in total. The summed E-state index contributed by atoms with van der Waals surface area (Å²) in [6.07, 6.45) is 1.09. The van der Waals surface area contributed by atoms with Crippen molar-refractivity contribution < 1.29 is 13.2 Å². The minimum atomic E-state index is -3.46. The summed E-state index contributed by atoms with van der Waals surface area (Å²) < 4.78 is 23.6. The van der Waals surface area contributed by atoms with E-state index in [2.05, 4.69) is 0 Å². The van der Waals surface area contributed by atoms with Crippen molar-refractivity contribution in [2.24, 2.45) is 0 Å². The maximum absolute atomic E-state index is 12.5. The Bertz CT molecular complexity index is 803. The van der Waals surface area contributed by atoms with Crippen molar-refractivity contribution >= 4 is 27.3 Å². The van der Waals surface area contributed by atoms with Crippen LogP contribution in [0.1, 0.15) is 15.9 Å². The molecule has 0 atom stereocenters. The van der Waals surface area contributed by atoms with Crippen molar-refractivity contribution in [3.8, 4) is 0 Å². The maximum Gasteiger partial charge on any atom is 0.255 e. The first-order chi connectivity index (χ1) is 10.3. The molecule has 0 aliphatic carbocycles. The molecule has 0 spiro atoms. The number of hydrogen-bond donors (Lipinski definition) is 0. The molecule has 2 aromatic rings. The van der Waals surface area contributed by atoms with Crippen LogP contribution >= 0.6 is 11.6 Å². The van der Waals surface area contributed by atoms with E-state index < -0.39 is 9.84 Å². The fraction of sp³-hybridized carbons (Fsp3) is 0.188. The summed E-state index contributed by atoms with van der Waals surface area (Å²) in [5.74, 6) is -0.346. The lowest BCUT2D eigenvalue weighted by Crippen LogP contribution is -2.27. The molecular weight excluding hydrogens is 322 g/mol. The van der Waals surface area contributed by atoms with E-state index in [0.29, 0.717) is 11.6 Å². The van der Waals surface area contributed by atoms with Crippen LogP contribution in [-0.2, 0) is 16.4 Å². The fourth-order valence-electron chi connectivity index (χ4n) is 2.15. The first kappa shape index (κ1) is 16.5. The number of hydrogen-bond acceptors (Lipinski definition) is 3. The molecule has 0 radical (unpaired) electrons. The number of carbonyl (C=O) groups excluding carboxylic acids is 1. The van der Waals surface area contributed by atoms with Gasteiger partial charge in [-0.1, -0.05) is 35.9 Å². The predicted molar refractivity (Wildman–Crippen MR) is 86.8 cm³/mol. The Labute approximate surface area is 135 Å². The van der Waals surface area contributed by atoms with E-state index >= 15 is 0 Å². The molecular formula is C16H16ClNO3S. The van der Waals surface area contributed by atoms with Crippen molar-refractivity contribution in [2.45, 2.75) is 11.4 Å². The van der Waals surface area contributed by atoms with Crippen molar-refractivity contribution in [1.82, 2.24) is 4.90 Å². The lowest BCUT2D eigenvalue weighted by atomic mass is 10.1. The van der Waals surface area contributed by atoms with Gasteiger partial charge in [0.2, 0.25) is 0 Å². The quantitative estimate of drug-likeness (QED) is 0.861. The van der Waals surface area contributed by atoms with Crippen molar-refractivity contribution in [1.29, 1.82) is 0 Å². The molecule has 0 saturated carbocycles. The molecule has 0 aliphatic rings. The van der Waals surface area contributed by atoms with E-state index in [0.717, 1.165) is 11.8 Å². The summed E-state index contributed by atoms with van der Waals surface area (Å²) in [6.45, 7) is 0.345. The first-order valence-corrected chi connectivity index (χ1v) is 8.85. The zero-order chi connectivity index (χ0) is 16.3. The normalized spacial score (nSPS) is 11.2. The van der Waals surface area contributed by atoms with Gasteiger partial charge >= 0.3 is 0 Å². The van der Waals surface area contributed by atoms with Crippen LogP contribution in [0.4, 0.5) is 0 Å². The van der Waals surface area contributed by atoms with E-state index in [1.54, 1.807) is 37.4 Å². The molecule has 6 heteroatoms. The second-order valence-electron chi connectivity index (χ2n) is 5.06. The predicted octanol–water partition coefficient (Wildman–Crippen LogP) is 3.02. The van der Waals surface area contributed by atoms with Gasteiger partial charge in [0.1, 0.15) is 0 Å². The molecule has 0 bridgehead atoms. The molecule has 116 valence electrons. The number of sulfone groups is 1. The smallest absolute Gasteiger partial charge is 0.255 e. The number of nitrogens with zero attached hydrogens (tertiary/aromatic N) is 1. The van der Waals surface area contributed by atoms with Crippen LogP contribution in [-0.4, -0.2) is 32.5 Å². The number of rotatable bonds is 4. The number of benzene rings is 2. The van der Waals surface area contributed by atoms with Gasteiger partial charge in [-0.25, -0.2) is 8.42 Å². The van der Waals surface area contributed by atoms with Gasteiger partial charge in [-0.05, 0) is 29.8 Å². The molecule has 22 heavy (non-hydrogen) atoms. The third-order valence-electron chi connectivity index (χ3n) is 3.17. The third-order valence-corrected chi connectivity index (χ3v) is 4.56. The van der Waals surface area contributed by atoms with Crippen LogP contribution in [0.5, 0.6) is 0 Å². The summed E-state index contributed by atoms with van der Waals surface area (Å²) in [5, 5.41) is 0.592. The summed E-state index contributed by atoms with van der Waals surface area (Å²) in [6, 6.07) is 13.4. The van der Waals surface area contributed by atoms with Crippen molar-refractivity contribution in [3.05, 3.63) is 64.7 Å². The van der Waals surface area contributed by atoms with Crippen molar-refractivity contribution in [2.75, 3.05) is 13.3 Å². The van der Waals surface area contributed by atoms with E-state index in [1.165, 1.54) is 17.0 Å². The van der Waals surface area contributed by atoms with E-state index in [4.69, 9.17) is 11.6 Å². The first-order valence-electron chi connectivity index (χ1n) is 6.58. The minimum Gasteiger partial charge on any atom is -0.337 e. The average Bonchev–Trinajstić information content (AvgIpc) is 2.45. The van der Waals surface area contributed by atoms with E-state index in [1.807, 2.05) is 6.07 Å². The van der Waals surface area contributed by atoms with Gasteiger partial charge in [0, 0.05) is 24.9 Å². The third kappa shape index (κ3) is 3.87. The van der Waals surface area contributed by atoms with Crippen LogP contribution in [0.25, 0.3) is 0 Å². The van der Waals surface area contributed by atoms with Gasteiger partial charge in [0.05, 0.1) is 10.5 Å². The highest BCUT2D eigenvalue weighted by Gasteiger charge is 2.20. The molecule has 2 rings (SSSR count). The van der Waals surface area contributed by atoms with Gasteiger partial charge in [-0.3, -0.25) is 4.79 Å². The Morgan fingerprint density at radius 3 is 2.45 bits per heavy atom. The molecule has 0 unspecified atom stereocenters. The fourth-order valence-corrected chi connectivity index (χ4v) is 3.25. The van der Waals surface area contributed by atoms with E-state index in [9.17, 15) is 13.2 Å². The van der Waals surface area contributed by atoms with Gasteiger partial charge in [0.15, 0.2) is 9.84 Å². The number of carbonyl (C=O) groups is 1. The zero-order valence-corrected chi connectivity index (χ0v) is 13.9. The van der Waals surface area contributed by atoms with Gasteiger partial charge in [0.25, 0.3) is 5.91 Å². The van der Waals surface area contributed by atoms with Crippen LogP contribution in [0.3, 0.4) is 0 Å². The number of amides is 1. The maximum atomic E-state index is 12.5. The van der Waals surface area contributed by atoms with Crippen LogP contribution in [0.15, 0.2) is 53.4 Å². The summed E-state index contributed by atoms with van der Waals surface area (Å²) in [4.78, 5) is 14.0. The van der Waals surface area contributed by atoms with Crippen LogP contribution < -0.4 is 0 Å². The Kier molecular flexibility index (Phi) is 4.88. The van der Waals surface area contributed by atoms with E-state index in [-0.39, 0.29) is 16.4 Å². The Balaban J connectivity index is 2.29. The molecule has 1 amide bonds. The highest BCUT2D eigenvalue weighted by molar-refractivity contribution is 7.90. The highest BCUT2D eigenvalue weighted by Crippen LogP contribution is 2.18. The summed E-state index contributed by atoms with van der Waals surface area (Å²) in [5.41, 5.74) is 1.05. The second-order valence-corrected chi connectivity index (χ2v) is 7.48. The highest BCUT2D eigenvalue weighted by atomic mass is 35.5. The standard InChI is InChI=1S/C16H16ClNO3S/c1-18(11-12-6-5-7-13(17)10-12)16(19)14-8-3-4-9-15(14)22(2,20)21/h3-10H,11H2,1-2H3. The lowest BCUT2D eigenvalue weighted by molar-refractivity contribution is 0.0781.